The Hall–Kier alpha value is -3.02. The maximum atomic E-state index is 11.7. The zero-order chi connectivity index (χ0) is 16.7. The maximum Gasteiger partial charge on any atom is 0.318 e. The summed E-state index contributed by atoms with van der Waals surface area (Å²) in [6.07, 6.45) is 0. The van der Waals surface area contributed by atoms with Crippen molar-refractivity contribution in [1.82, 2.24) is 5.32 Å². The summed E-state index contributed by atoms with van der Waals surface area (Å²) in [5.74, 6) is 0.276. The number of amides is 3. The molecule has 0 spiro atoms. The number of benzene rings is 2. The Morgan fingerprint density at radius 1 is 1.09 bits per heavy atom. The Morgan fingerprint density at radius 2 is 1.74 bits per heavy atom. The molecule has 120 valence electrons. The van der Waals surface area contributed by atoms with Gasteiger partial charge in [-0.05, 0) is 25.1 Å². The molecule has 0 saturated carbocycles. The van der Waals surface area contributed by atoms with E-state index in [1.54, 1.807) is 6.92 Å². The molecular weight excluding hydrogens is 294 g/mol. The number of rotatable bonds is 6. The molecule has 6 nitrogen and oxygen atoms in total. The minimum Gasteiger partial charge on any atom is -0.489 e. The second kappa shape index (κ2) is 7.84. The van der Waals surface area contributed by atoms with Gasteiger partial charge in [0.1, 0.15) is 18.4 Å². The summed E-state index contributed by atoms with van der Waals surface area (Å²) in [6, 6.07) is 15.5. The number of imide groups is 1. The Kier molecular flexibility index (Phi) is 5.57. The molecule has 6 heteroatoms. The van der Waals surface area contributed by atoms with E-state index in [1.807, 2.05) is 59.9 Å². The zero-order valence-electron chi connectivity index (χ0n) is 12.8. The third-order valence-electron chi connectivity index (χ3n) is 3.17. The standard InChI is InChI=1S/C17H19N3O3/c1-12(16(21)20-17(18)22)19-15-10-6-5-7-13(15)11-23-14-8-3-2-4-9-14/h2-10,12,19H,11H2,1H3,(H3,18,20,21,22)/t12-/m1/s1. The number of hydrogen-bond acceptors (Lipinski definition) is 4. The molecule has 2 aromatic rings. The van der Waals surface area contributed by atoms with Crippen LogP contribution in [-0.4, -0.2) is 18.0 Å². The van der Waals surface area contributed by atoms with Crippen molar-refractivity contribution in [3.8, 4) is 5.75 Å². The molecule has 0 aliphatic rings. The summed E-state index contributed by atoms with van der Waals surface area (Å²) in [5.41, 5.74) is 6.61. The molecule has 2 aromatic carbocycles. The fourth-order valence-electron chi connectivity index (χ4n) is 1.99. The van der Waals surface area contributed by atoms with Crippen LogP contribution in [0.2, 0.25) is 0 Å². The quantitative estimate of drug-likeness (QED) is 0.762. The van der Waals surface area contributed by atoms with Gasteiger partial charge in [0.05, 0.1) is 0 Å². The lowest BCUT2D eigenvalue weighted by atomic mass is 10.1. The highest BCUT2D eigenvalue weighted by Crippen LogP contribution is 2.19. The summed E-state index contributed by atoms with van der Waals surface area (Å²) in [4.78, 5) is 22.5. The topological polar surface area (TPSA) is 93.4 Å². The number of carbonyl (C=O) groups is 2. The van der Waals surface area contributed by atoms with Crippen LogP contribution >= 0.6 is 0 Å². The first-order chi connectivity index (χ1) is 11.1. The lowest BCUT2D eigenvalue weighted by molar-refractivity contribution is -0.120. The van der Waals surface area contributed by atoms with Crippen molar-refractivity contribution in [2.24, 2.45) is 5.73 Å². The fourth-order valence-corrected chi connectivity index (χ4v) is 1.99. The first kappa shape index (κ1) is 16.4. The van der Waals surface area contributed by atoms with Crippen LogP contribution in [0.15, 0.2) is 54.6 Å². The third kappa shape index (κ3) is 5.03. The van der Waals surface area contributed by atoms with E-state index < -0.39 is 18.0 Å². The molecular formula is C17H19N3O3. The van der Waals surface area contributed by atoms with E-state index in [4.69, 9.17) is 10.5 Å². The average Bonchev–Trinajstić information content (AvgIpc) is 2.54. The smallest absolute Gasteiger partial charge is 0.318 e. The molecule has 0 heterocycles. The summed E-state index contributed by atoms with van der Waals surface area (Å²) in [5, 5.41) is 5.10. The van der Waals surface area contributed by atoms with Gasteiger partial charge < -0.3 is 15.8 Å². The number of carbonyl (C=O) groups excluding carboxylic acids is 2. The number of hydrogen-bond donors (Lipinski definition) is 3. The van der Waals surface area contributed by atoms with Crippen molar-refractivity contribution < 1.29 is 14.3 Å². The molecule has 23 heavy (non-hydrogen) atoms. The van der Waals surface area contributed by atoms with E-state index >= 15 is 0 Å². The van der Waals surface area contributed by atoms with Gasteiger partial charge in [-0.1, -0.05) is 36.4 Å². The van der Waals surface area contributed by atoms with Crippen LogP contribution in [-0.2, 0) is 11.4 Å². The number of nitrogens with one attached hydrogen (secondary N) is 2. The molecule has 4 N–H and O–H groups in total. The first-order valence-corrected chi connectivity index (χ1v) is 7.19. The highest BCUT2D eigenvalue weighted by Gasteiger charge is 2.15. The van der Waals surface area contributed by atoms with Crippen molar-refractivity contribution in [3.05, 3.63) is 60.2 Å². The third-order valence-corrected chi connectivity index (χ3v) is 3.17. The lowest BCUT2D eigenvalue weighted by Crippen LogP contribution is -2.43. The van der Waals surface area contributed by atoms with Gasteiger partial charge in [-0.25, -0.2) is 4.79 Å². The highest BCUT2D eigenvalue weighted by molar-refractivity contribution is 5.97. The fraction of sp³-hybridized carbons (Fsp3) is 0.176. The van der Waals surface area contributed by atoms with Crippen molar-refractivity contribution in [3.63, 3.8) is 0 Å². The molecule has 0 aliphatic carbocycles. The second-order valence-electron chi connectivity index (χ2n) is 4.98. The van der Waals surface area contributed by atoms with Crippen LogP contribution in [0, 0.1) is 0 Å². The molecule has 1 atom stereocenters. The van der Waals surface area contributed by atoms with Crippen molar-refractivity contribution in [2.45, 2.75) is 19.6 Å². The van der Waals surface area contributed by atoms with Gasteiger partial charge in [0.25, 0.3) is 0 Å². The van der Waals surface area contributed by atoms with Gasteiger partial charge in [0, 0.05) is 11.3 Å². The predicted octanol–water partition coefficient (Wildman–Crippen LogP) is 2.26. The van der Waals surface area contributed by atoms with Crippen LogP contribution < -0.4 is 21.1 Å². The van der Waals surface area contributed by atoms with E-state index in [0.29, 0.717) is 6.61 Å². The SMILES string of the molecule is C[C@@H](Nc1ccccc1COc1ccccc1)C(=O)NC(N)=O. The van der Waals surface area contributed by atoms with Gasteiger partial charge in [0.15, 0.2) is 0 Å². The second-order valence-corrected chi connectivity index (χ2v) is 4.98. The van der Waals surface area contributed by atoms with E-state index in [2.05, 4.69) is 5.32 Å². The zero-order valence-corrected chi connectivity index (χ0v) is 12.8. The lowest BCUT2D eigenvalue weighted by Gasteiger charge is -2.17. The number of para-hydroxylation sites is 2. The Balaban J connectivity index is 2.02. The minimum atomic E-state index is -0.871. The number of primary amides is 1. The average molecular weight is 313 g/mol. The van der Waals surface area contributed by atoms with Gasteiger partial charge in [-0.2, -0.15) is 0 Å². The first-order valence-electron chi connectivity index (χ1n) is 7.19. The molecule has 2 rings (SSSR count). The molecule has 0 fully saturated rings. The summed E-state index contributed by atoms with van der Waals surface area (Å²) >= 11 is 0. The van der Waals surface area contributed by atoms with Crippen LogP contribution in [0.1, 0.15) is 12.5 Å². The summed E-state index contributed by atoms with van der Waals surface area (Å²) in [7, 11) is 0. The maximum absolute atomic E-state index is 11.7. The summed E-state index contributed by atoms with van der Waals surface area (Å²) in [6.45, 7) is 2.00. The summed E-state index contributed by atoms with van der Waals surface area (Å²) < 4.78 is 5.72. The number of ether oxygens (including phenoxy) is 1. The van der Waals surface area contributed by atoms with E-state index in [9.17, 15) is 9.59 Å². The van der Waals surface area contributed by atoms with Gasteiger partial charge in [-0.3, -0.25) is 10.1 Å². The minimum absolute atomic E-state index is 0.358. The van der Waals surface area contributed by atoms with Crippen LogP contribution in [0.25, 0.3) is 0 Å². The number of nitrogens with two attached hydrogens (primary N) is 1. The van der Waals surface area contributed by atoms with Crippen LogP contribution in [0.5, 0.6) is 5.75 Å². The van der Waals surface area contributed by atoms with Gasteiger partial charge in [0.2, 0.25) is 5.91 Å². The number of urea groups is 1. The van der Waals surface area contributed by atoms with Crippen molar-refractivity contribution in [2.75, 3.05) is 5.32 Å². The Bertz CT molecular complexity index is 674. The molecule has 0 aromatic heterocycles. The van der Waals surface area contributed by atoms with Crippen molar-refractivity contribution >= 4 is 17.6 Å². The molecule has 0 saturated heterocycles. The highest BCUT2D eigenvalue weighted by atomic mass is 16.5. The largest absolute Gasteiger partial charge is 0.489 e. The van der Waals surface area contributed by atoms with Crippen LogP contribution in [0.4, 0.5) is 10.5 Å². The number of anilines is 1. The Morgan fingerprint density at radius 3 is 2.43 bits per heavy atom. The van der Waals surface area contributed by atoms with Crippen molar-refractivity contribution in [1.29, 1.82) is 0 Å². The predicted molar refractivity (Wildman–Crippen MR) is 88.0 cm³/mol. The van der Waals surface area contributed by atoms with Crippen LogP contribution in [0.3, 0.4) is 0 Å². The molecule has 0 radical (unpaired) electrons. The van der Waals surface area contributed by atoms with Gasteiger partial charge in [-0.15, -0.1) is 0 Å². The molecule has 3 amide bonds. The van der Waals surface area contributed by atoms with E-state index in [1.165, 1.54) is 0 Å². The Labute approximate surface area is 134 Å². The molecule has 0 unspecified atom stereocenters. The monoisotopic (exact) mass is 313 g/mol. The molecule has 0 aliphatic heterocycles. The van der Waals surface area contributed by atoms with Gasteiger partial charge >= 0.3 is 6.03 Å². The van der Waals surface area contributed by atoms with E-state index in [0.717, 1.165) is 17.0 Å². The van der Waals surface area contributed by atoms with E-state index in [-0.39, 0.29) is 0 Å². The molecule has 0 bridgehead atoms. The normalized spacial score (nSPS) is 11.3.